The van der Waals surface area contributed by atoms with Crippen molar-refractivity contribution < 1.29 is 9.53 Å². The number of fused-ring (bicyclic) bond motifs is 1. The summed E-state index contributed by atoms with van der Waals surface area (Å²) in [5.41, 5.74) is 5.53. The number of anilines is 2. The fourth-order valence-electron chi connectivity index (χ4n) is 2.92. The normalized spacial score (nSPS) is 14.2. The van der Waals surface area contributed by atoms with Gasteiger partial charge in [-0.2, -0.15) is 0 Å². The summed E-state index contributed by atoms with van der Waals surface area (Å²) in [4.78, 5) is 14.8. The molecular formula is C18H28N2O2. The molecule has 1 N–H and O–H groups in total. The second kappa shape index (κ2) is 6.29. The highest BCUT2D eigenvalue weighted by Gasteiger charge is 2.28. The van der Waals surface area contributed by atoms with Gasteiger partial charge in [0.2, 0.25) is 5.91 Å². The van der Waals surface area contributed by atoms with Crippen LogP contribution in [0.25, 0.3) is 0 Å². The highest BCUT2D eigenvalue weighted by atomic mass is 16.5. The topological polar surface area (TPSA) is 41.6 Å². The third-order valence-electron chi connectivity index (χ3n) is 4.26. The molecule has 0 aliphatic carbocycles. The van der Waals surface area contributed by atoms with Gasteiger partial charge in [-0.15, -0.1) is 0 Å². The van der Waals surface area contributed by atoms with Crippen molar-refractivity contribution in [3.05, 3.63) is 22.8 Å². The molecule has 0 unspecified atom stereocenters. The van der Waals surface area contributed by atoms with Crippen LogP contribution in [0.2, 0.25) is 0 Å². The number of rotatable bonds is 4. The molecule has 1 heterocycles. The van der Waals surface area contributed by atoms with Crippen LogP contribution in [0.4, 0.5) is 11.4 Å². The van der Waals surface area contributed by atoms with Gasteiger partial charge in [-0.05, 0) is 37.0 Å². The van der Waals surface area contributed by atoms with Crippen molar-refractivity contribution in [3.8, 4) is 0 Å². The molecule has 22 heavy (non-hydrogen) atoms. The predicted molar refractivity (Wildman–Crippen MR) is 91.8 cm³/mol. The number of hydrogen-bond acceptors (Lipinski definition) is 3. The molecule has 4 heteroatoms. The average molecular weight is 304 g/mol. The number of hydrogen-bond donors (Lipinski definition) is 1. The van der Waals surface area contributed by atoms with Gasteiger partial charge in [0, 0.05) is 25.6 Å². The van der Waals surface area contributed by atoms with Crippen LogP contribution in [0, 0.1) is 19.3 Å². The minimum absolute atomic E-state index is 0.0558. The lowest BCUT2D eigenvalue weighted by molar-refractivity contribution is -0.123. The summed E-state index contributed by atoms with van der Waals surface area (Å²) < 4.78 is 5.23. The second-order valence-corrected chi connectivity index (χ2v) is 7.15. The van der Waals surface area contributed by atoms with E-state index in [9.17, 15) is 4.79 Å². The summed E-state index contributed by atoms with van der Waals surface area (Å²) in [5.74, 6) is 0.0558. The van der Waals surface area contributed by atoms with E-state index in [4.69, 9.17) is 4.74 Å². The van der Waals surface area contributed by atoms with Gasteiger partial charge in [-0.1, -0.05) is 26.8 Å². The maximum Gasteiger partial charge on any atom is 0.229 e. The zero-order valence-corrected chi connectivity index (χ0v) is 14.7. The quantitative estimate of drug-likeness (QED) is 0.928. The zero-order chi connectivity index (χ0) is 16.5. The van der Waals surface area contributed by atoms with Crippen LogP contribution in [0.5, 0.6) is 0 Å². The van der Waals surface area contributed by atoms with E-state index in [0.717, 1.165) is 30.8 Å². The van der Waals surface area contributed by atoms with Crippen molar-refractivity contribution in [2.45, 2.75) is 41.0 Å². The standard InChI is InChI=1S/C18H28N2O2/c1-12-11-13(2)15(19-17(21)18(3,4)5)16-14(12)7-8-20(16)9-10-22-6/h11H,7-10H2,1-6H3,(H,19,21). The first-order valence-electron chi connectivity index (χ1n) is 7.94. The highest BCUT2D eigenvalue weighted by Crippen LogP contribution is 2.40. The molecular weight excluding hydrogens is 276 g/mol. The van der Waals surface area contributed by atoms with Gasteiger partial charge in [0.05, 0.1) is 18.0 Å². The molecule has 0 atom stereocenters. The van der Waals surface area contributed by atoms with Gasteiger partial charge in [0.1, 0.15) is 0 Å². The zero-order valence-electron chi connectivity index (χ0n) is 14.7. The molecule has 122 valence electrons. The van der Waals surface area contributed by atoms with Gasteiger partial charge in [0.15, 0.2) is 0 Å². The summed E-state index contributed by atoms with van der Waals surface area (Å²) in [6, 6.07) is 2.18. The summed E-state index contributed by atoms with van der Waals surface area (Å²) in [6.45, 7) is 12.6. The number of amides is 1. The Morgan fingerprint density at radius 1 is 1.32 bits per heavy atom. The first-order chi connectivity index (χ1) is 10.3. The molecule has 1 amide bonds. The Hall–Kier alpha value is -1.55. The average Bonchev–Trinajstić information content (AvgIpc) is 2.84. The van der Waals surface area contributed by atoms with Crippen LogP contribution in [0.15, 0.2) is 6.07 Å². The van der Waals surface area contributed by atoms with Gasteiger partial charge in [-0.25, -0.2) is 0 Å². The molecule has 1 aliphatic rings. The molecule has 4 nitrogen and oxygen atoms in total. The number of methoxy groups -OCH3 is 1. The van der Waals surface area contributed by atoms with Crippen LogP contribution >= 0.6 is 0 Å². The summed E-state index contributed by atoms with van der Waals surface area (Å²) in [6.07, 6.45) is 1.03. The fraction of sp³-hybridized carbons (Fsp3) is 0.611. The van der Waals surface area contributed by atoms with Crippen molar-refractivity contribution in [3.63, 3.8) is 0 Å². The van der Waals surface area contributed by atoms with E-state index < -0.39 is 5.41 Å². The van der Waals surface area contributed by atoms with Gasteiger partial charge in [-0.3, -0.25) is 4.79 Å². The molecule has 0 radical (unpaired) electrons. The summed E-state index contributed by atoms with van der Waals surface area (Å²) in [7, 11) is 1.72. The van der Waals surface area contributed by atoms with E-state index in [0.29, 0.717) is 6.61 Å². The predicted octanol–water partition coefficient (Wildman–Crippen LogP) is 3.30. The Kier molecular flexibility index (Phi) is 4.81. The lowest BCUT2D eigenvalue weighted by atomic mass is 9.94. The third kappa shape index (κ3) is 3.27. The number of nitrogens with one attached hydrogen (secondary N) is 1. The smallest absolute Gasteiger partial charge is 0.229 e. The van der Waals surface area contributed by atoms with Crippen LogP contribution in [0.1, 0.15) is 37.5 Å². The van der Waals surface area contributed by atoms with E-state index in [1.165, 1.54) is 16.8 Å². The SMILES string of the molecule is COCCN1CCc2c(C)cc(C)c(NC(=O)C(C)(C)C)c21. The summed E-state index contributed by atoms with van der Waals surface area (Å²) in [5, 5.41) is 3.16. The maximum atomic E-state index is 12.4. The van der Waals surface area contributed by atoms with E-state index in [1.54, 1.807) is 7.11 Å². The molecule has 1 aliphatic heterocycles. The first kappa shape index (κ1) is 16.8. The monoisotopic (exact) mass is 304 g/mol. The van der Waals surface area contributed by atoms with E-state index >= 15 is 0 Å². The lowest BCUT2D eigenvalue weighted by Crippen LogP contribution is -2.30. The van der Waals surface area contributed by atoms with E-state index in [-0.39, 0.29) is 5.91 Å². The van der Waals surface area contributed by atoms with Crippen LogP contribution in [-0.4, -0.2) is 32.7 Å². The van der Waals surface area contributed by atoms with Crippen molar-refractivity contribution in [2.24, 2.45) is 5.41 Å². The van der Waals surface area contributed by atoms with Gasteiger partial charge in [0.25, 0.3) is 0 Å². The molecule has 0 spiro atoms. The molecule has 0 saturated carbocycles. The largest absolute Gasteiger partial charge is 0.383 e. The fourth-order valence-corrected chi connectivity index (χ4v) is 2.92. The number of aryl methyl sites for hydroxylation is 2. The lowest BCUT2D eigenvalue weighted by Gasteiger charge is -2.26. The molecule has 2 rings (SSSR count). The Morgan fingerprint density at radius 3 is 2.59 bits per heavy atom. The third-order valence-corrected chi connectivity index (χ3v) is 4.26. The summed E-state index contributed by atoms with van der Waals surface area (Å²) >= 11 is 0. The minimum atomic E-state index is -0.403. The van der Waals surface area contributed by atoms with E-state index in [1.807, 2.05) is 20.8 Å². The Balaban J connectivity index is 2.42. The molecule has 0 fully saturated rings. The Morgan fingerprint density at radius 2 is 2.00 bits per heavy atom. The molecule has 1 aromatic rings. The highest BCUT2D eigenvalue weighted by molar-refractivity contribution is 5.99. The van der Waals surface area contributed by atoms with Crippen molar-refractivity contribution >= 4 is 17.3 Å². The number of nitrogens with zero attached hydrogens (tertiary/aromatic N) is 1. The second-order valence-electron chi connectivity index (χ2n) is 7.15. The van der Waals surface area contributed by atoms with E-state index in [2.05, 4.69) is 30.1 Å². The minimum Gasteiger partial charge on any atom is -0.383 e. The maximum absolute atomic E-state index is 12.4. The van der Waals surface area contributed by atoms with Crippen molar-refractivity contribution in [1.82, 2.24) is 0 Å². The van der Waals surface area contributed by atoms with Crippen LogP contribution in [-0.2, 0) is 16.0 Å². The Bertz CT molecular complexity index is 573. The molecule has 0 bridgehead atoms. The number of carbonyl (C=O) groups excluding carboxylic acids is 1. The molecule has 0 saturated heterocycles. The Labute approximate surface area is 133 Å². The number of benzene rings is 1. The molecule has 1 aromatic carbocycles. The van der Waals surface area contributed by atoms with Crippen LogP contribution < -0.4 is 10.2 Å². The van der Waals surface area contributed by atoms with Gasteiger partial charge < -0.3 is 15.0 Å². The molecule has 0 aromatic heterocycles. The van der Waals surface area contributed by atoms with Gasteiger partial charge >= 0.3 is 0 Å². The van der Waals surface area contributed by atoms with Crippen molar-refractivity contribution in [1.29, 1.82) is 0 Å². The first-order valence-corrected chi connectivity index (χ1v) is 7.94. The number of ether oxygens (including phenoxy) is 1. The van der Waals surface area contributed by atoms with Crippen LogP contribution in [0.3, 0.4) is 0 Å². The number of carbonyl (C=O) groups is 1. The van der Waals surface area contributed by atoms with Crippen molar-refractivity contribution in [2.75, 3.05) is 37.0 Å².